The minimum Gasteiger partial charge on any atom is -0.345 e. The van der Waals surface area contributed by atoms with Crippen LogP contribution >= 0.6 is 0 Å². The molecule has 29 heavy (non-hydrogen) atoms. The summed E-state index contributed by atoms with van der Waals surface area (Å²) in [6, 6.07) is 7.52. The van der Waals surface area contributed by atoms with E-state index in [0.29, 0.717) is 24.3 Å². The van der Waals surface area contributed by atoms with Crippen molar-refractivity contribution in [3.63, 3.8) is 0 Å². The van der Waals surface area contributed by atoms with E-state index < -0.39 is 0 Å². The van der Waals surface area contributed by atoms with Crippen LogP contribution in [0.1, 0.15) is 46.3 Å². The number of carbonyl (C=O) groups excluding carboxylic acids is 2. The molecule has 0 saturated carbocycles. The van der Waals surface area contributed by atoms with Crippen LogP contribution in [-0.2, 0) is 6.54 Å². The predicted octanol–water partition coefficient (Wildman–Crippen LogP) is 2.22. The Bertz CT molecular complexity index is 1090. The first-order valence-electron chi connectivity index (χ1n) is 10.1. The number of nitrogens with zero attached hydrogens (tertiary/aromatic N) is 5. The number of aromatic amines is 1. The molecular formula is C21H24N6O2. The Morgan fingerprint density at radius 3 is 2.59 bits per heavy atom. The van der Waals surface area contributed by atoms with E-state index in [2.05, 4.69) is 15.1 Å². The number of hydrogen-bond donors (Lipinski definition) is 1. The molecule has 2 atom stereocenters. The van der Waals surface area contributed by atoms with Crippen molar-refractivity contribution in [3.05, 3.63) is 47.5 Å². The Morgan fingerprint density at radius 2 is 1.90 bits per heavy atom. The van der Waals surface area contributed by atoms with Gasteiger partial charge in [0, 0.05) is 30.9 Å². The fourth-order valence-corrected chi connectivity index (χ4v) is 4.71. The smallest absolute Gasteiger partial charge is 0.274 e. The number of rotatable bonds is 3. The van der Waals surface area contributed by atoms with Gasteiger partial charge in [0.05, 0.1) is 29.4 Å². The lowest BCUT2D eigenvalue weighted by Crippen LogP contribution is -2.57. The van der Waals surface area contributed by atoms with Crippen LogP contribution in [0.15, 0.2) is 30.6 Å². The number of fused-ring (bicyclic) bond motifs is 3. The molecule has 2 aliphatic heterocycles. The molecule has 2 fully saturated rings. The maximum Gasteiger partial charge on any atom is 0.274 e. The van der Waals surface area contributed by atoms with Crippen molar-refractivity contribution in [2.45, 2.75) is 45.3 Å². The highest BCUT2D eigenvalue weighted by Crippen LogP contribution is 2.32. The molecule has 4 heterocycles. The van der Waals surface area contributed by atoms with Gasteiger partial charge in [-0.15, -0.1) is 0 Å². The van der Waals surface area contributed by atoms with Gasteiger partial charge in [0.1, 0.15) is 0 Å². The van der Waals surface area contributed by atoms with E-state index in [0.717, 1.165) is 36.1 Å². The van der Waals surface area contributed by atoms with Crippen LogP contribution in [0.5, 0.6) is 0 Å². The largest absolute Gasteiger partial charge is 0.345 e. The zero-order valence-electron chi connectivity index (χ0n) is 16.6. The molecule has 150 valence electrons. The summed E-state index contributed by atoms with van der Waals surface area (Å²) in [7, 11) is 0. The monoisotopic (exact) mass is 392 g/mol. The summed E-state index contributed by atoms with van der Waals surface area (Å²) in [5.74, 6) is -0.00428. The number of amides is 2. The number of hydrogen-bond acceptors (Lipinski definition) is 4. The molecule has 1 aromatic carbocycles. The van der Waals surface area contributed by atoms with Gasteiger partial charge in [-0.05, 0) is 51.0 Å². The van der Waals surface area contributed by atoms with Crippen molar-refractivity contribution >= 4 is 22.8 Å². The van der Waals surface area contributed by atoms with Gasteiger partial charge in [-0.3, -0.25) is 14.3 Å². The van der Waals surface area contributed by atoms with Gasteiger partial charge < -0.3 is 14.8 Å². The molecule has 3 aromatic rings. The fourth-order valence-electron chi connectivity index (χ4n) is 4.71. The lowest BCUT2D eigenvalue weighted by atomic mass is 10.1. The molecule has 2 aliphatic rings. The van der Waals surface area contributed by atoms with E-state index in [4.69, 9.17) is 0 Å². The zero-order chi connectivity index (χ0) is 20.1. The fraction of sp³-hybridized carbons (Fsp3) is 0.429. The van der Waals surface area contributed by atoms with Crippen molar-refractivity contribution in [1.29, 1.82) is 0 Å². The first kappa shape index (κ1) is 17.9. The topological polar surface area (TPSA) is 87.1 Å². The predicted molar refractivity (Wildman–Crippen MR) is 108 cm³/mol. The highest BCUT2D eigenvalue weighted by Gasteiger charge is 2.44. The molecule has 0 unspecified atom stereocenters. The molecule has 8 nitrogen and oxygen atoms in total. The van der Waals surface area contributed by atoms with Gasteiger partial charge in [-0.2, -0.15) is 5.10 Å². The number of H-pyrrole nitrogens is 1. The van der Waals surface area contributed by atoms with Crippen molar-refractivity contribution in [3.8, 4) is 0 Å². The first-order valence-corrected chi connectivity index (χ1v) is 10.1. The Balaban J connectivity index is 1.35. The summed E-state index contributed by atoms with van der Waals surface area (Å²) < 4.78 is 1.84. The number of piperazine rings is 1. The molecule has 2 aromatic heterocycles. The molecule has 2 saturated heterocycles. The quantitative estimate of drug-likeness (QED) is 0.740. The third kappa shape index (κ3) is 2.90. The van der Waals surface area contributed by atoms with Crippen LogP contribution in [-0.4, -0.2) is 66.5 Å². The number of aryl methyl sites for hydroxylation is 2. The van der Waals surface area contributed by atoms with Gasteiger partial charge in [0.15, 0.2) is 5.69 Å². The lowest BCUT2D eigenvalue weighted by molar-refractivity contribution is 0.0357. The van der Waals surface area contributed by atoms with Crippen molar-refractivity contribution in [2.75, 3.05) is 13.1 Å². The minimum absolute atomic E-state index is 0.0344. The average Bonchev–Trinajstić information content (AvgIpc) is 3.41. The molecule has 5 rings (SSSR count). The second-order valence-corrected chi connectivity index (χ2v) is 7.93. The second-order valence-electron chi connectivity index (χ2n) is 7.93. The molecule has 8 heteroatoms. The summed E-state index contributed by atoms with van der Waals surface area (Å²) >= 11 is 0. The van der Waals surface area contributed by atoms with Crippen molar-refractivity contribution in [2.24, 2.45) is 0 Å². The number of aromatic nitrogens is 4. The van der Waals surface area contributed by atoms with E-state index in [1.54, 1.807) is 6.33 Å². The molecule has 1 N–H and O–H groups in total. The molecule has 2 amide bonds. The normalized spacial score (nSPS) is 21.2. The van der Waals surface area contributed by atoms with Gasteiger partial charge in [0.2, 0.25) is 0 Å². The SMILES string of the molecule is CCn1nc(C(=O)N2C[C@H]3CC[C@@H](C2)N3C(=O)c2ccc3nc[nH]c3c2)cc1C. The Kier molecular flexibility index (Phi) is 4.15. The van der Waals surface area contributed by atoms with E-state index in [-0.39, 0.29) is 23.9 Å². The standard InChI is InChI=1S/C21H24N6O2/c1-3-26-13(2)8-19(24-26)21(29)25-10-15-5-6-16(11-25)27(15)20(28)14-4-7-17-18(9-14)23-12-22-17/h4,7-9,12,15-16H,3,5-6,10-11H2,1-2H3,(H,22,23)/t15-,16+. The van der Waals surface area contributed by atoms with Crippen molar-refractivity contribution < 1.29 is 9.59 Å². The highest BCUT2D eigenvalue weighted by molar-refractivity contribution is 5.98. The molecular weight excluding hydrogens is 368 g/mol. The van der Waals surface area contributed by atoms with E-state index in [1.807, 2.05) is 52.6 Å². The molecule has 0 radical (unpaired) electrons. The Labute approximate surface area is 168 Å². The van der Waals surface area contributed by atoms with Crippen molar-refractivity contribution in [1.82, 2.24) is 29.5 Å². The van der Waals surface area contributed by atoms with Gasteiger partial charge in [-0.25, -0.2) is 4.98 Å². The maximum atomic E-state index is 13.2. The van der Waals surface area contributed by atoms with Gasteiger partial charge in [-0.1, -0.05) is 0 Å². The third-order valence-corrected chi connectivity index (χ3v) is 6.17. The second kappa shape index (κ2) is 6.72. The van der Waals surface area contributed by atoms with Crippen LogP contribution in [0.25, 0.3) is 11.0 Å². The minimum atomic E-state index is -0.0387. The molecule has 0 aliphatic carbocycles. The lowest BCUT2D eigenvalue weighted by Gasteiger charge is -2.41. The first-order chi connectivity index (χ1) is 14.0. The number of likely N-dealkylation sites (tertiary alicyclic amines) is 1. The third-order valence-electron chi connectivity index (χ3n) is 6.17. The van der Waals surface area contributed by atoms with E-state index in [9.17, 15) is 9.59 Å². The molecule has 2 bridgehead atoms. The van der Waals surface area contributed by atoms with Crippen LogP contribution in [0.2, 0.25) is 0 Å². The zero-order valence-corrected chi connectivity index (χ0v) is 16.6. The number of benzene rings is 1. The van der Waals surface area contributed by atoms with Gasteiger partial charge in [0.25, 0.3) is 11.8 Å². The number of imidazole rings is 1. The van der Waals surface area contributed by atoms with Crippen LogP contribution in [0.3, 0.4) is 0 Å². The Morgan fingerprint density at radius 1 is 1.14 bits per heavy atom. The number of carbonyl (C=O) groups is 2. The summed E-state index contributed by atoms with van der Waals surface area (Å²) in [5.41, 5.74) is 3.85. The van der Waals surface area contributed by atoms with Crippen LogP contribution in [0, 0.1) is 6.92 Å². The number of nitrogens with one attached hydrogen (secondary N) is 1. The summed E-state index contributed by atoms with van der Waals surface area (Å²) in [6.45, 7) is 5.84. The maximum absolute atomic E-state index is 13.2. The highest BCUT2D eigenvalue weighted by atomic mass is 16.2. The van der Waals surface area contributed by atoms with Crippen LogP contribution in [0.4, 0.5) is 0 Å². The Hall–Kier alpha value is -3.16. The summed E-state index contributed by atoms with van der Waals surface area (Å²) in [6.07, 6.45) is 3.48. The van der Waals surface area contributed by atoms with E-state index in [1.165, 1.54) is 0 Å². The average molecular weight is 392 g/mol. The van der Waals surface area contributed by atoms with E-state index >= 15 is 0 Å². The molecule has 0 spiro atoms. The van der Waals surface area contributed by atoms with Crippen LogP contribution < -0.4 is 0 Å². The summed E-state index contributed by atoms with van der Waals surface area (Å²) in [4.78, 5) is 37.4. The summed E-state index contributed by atoms with van der Waals surface area (Å²) in [5, 5.41) is 4.43. The van der Waals surface area contributed by atoms with Gasteiger partial charge >= 0.3 is 0 Å².